The number of hydrogen-bond donors (Lipinski definition) is 2. The number of benzene rings is 2. The molecule has 0 aliphatic carbocycles. The van der Waals surface area contributed by atoms with Crippen LogP contribution in [0.4, 0.5) is 23.1 Å². The van der Waals surface area contributed by atoms with Gasteiger partial charge in [-0.25, -0.2) is 0 Å². The Labute approximate surface area is 164 Å². The first-order valence-corrected chi connectivity index (χ1v) is 9.02. The summed E-state index contributed by atoms with van der Waals surface area (Å²) >= 11 is 6.17. The van der Waals surface area contributed by atoms with Crippen molar-refractivity contribution in [3.05, 3.63) is 58.7 Å². The zero-order chi connectivity index (χ0) is 19.4. The molecule has 0 aliphatic heterocycles. The molecule has 7 heteroatoms. The Morgan fingerprint density at radius 3 is 2.59 bits per heavy atom. The van der Waals surface area contributed by atoms with Crippen LogP contribution in [0.1, 0.15) is 30.9 Å². The molecule has 0 fully saturated rings. The molecule has 1 heterocycles. The molecule has 3 rings (SSSR count). The van der Waals surface area contributed by atoms with Gasteiger partial charge in [-0.05, 0) is 36.1 Å². The highest BCUT2D eigenvalue weighted by atomic mass is 35.5. The second kappa shape index (κ2) is 8.22. The molecule has 0 aliphatic rings. The van der Waals surface area contributed by atoms with Crippen LogP contribution in [0.2, 0.25) is 5.02 Å². The predicted octanol–water partition coefficient (Wildman–Crippen LogP) is 5.45. The van der Waals surface area contributed by atoms with Gasteiger partial charge in [0.2, 0.25) is 5.95 Å². The third kappa shape index (κ3) is 4.46. The van der Waals surface area contributed by atoms with E-state index in [9.17, 15) is 0 Å². The average Bonchev–Trinajstić information content (AvgIpc) is 2.65. The van der Waals surface area contributed by atoms with Crippen LogP contribution >= 0.6 is 11.6 Å². The van der Waals surface area contributed by atoms with E-state index in [1.54, 1.807) is 19.4 Å². The number of para-hydroxylation sites is 1. The fourth-order valence-corrected chi connectivity index (χ4v) is 2.87. The molecule has 0 atom stereocenters. The summed E-state index contributed by atoms with van der Waals surface area (Å²) in [5, 5.41) is 15.2. The Kier molecular flexibility index (Phi) is 5.76. The molecule has 0 unspecified atom stereocenters. The Morgan fingerprint density at radius 2 is 1.85 bits per heavy atom. The van der Waals surface area contributed by atoms with Crippen molar-refractivity contribution in [3.8, 4) is 5.75 Å². The molecule has 0 amide bonds. The lowest BCUT2D eigenvalue weighted by Crippen LogP contribution is -2.05. The average molecular weight is 384 g/mol. The fourth-order valence-electron chi connectivity index (χ4n) is 2.72. The van der Waals surface area contributed by atoms with Gasteiger partial charge in [-0.15, -0.1) is 5.10 Å². The smallest absolute Gasteiger partial charge is 0.249 e. The molecule has 2 aromatic carbocycles. The third-order valence-corrected chi connectivity index (χ3v) is 4.54. The predicted molar refractivity (Wildman–Crippen MR) is 110 cm³/mol. The lowest BCUT2D eigenvalue weighted by atomic mass is 10.0. The standard InChI is InChI=1S/C20H22ClN5O/c1-12(2)14-7-5-6-8-16(14)24-20-25-19(11-22-26-20)23-17-9-13(3)15(21)10-18(17)27-4/h5-12H,1-4H3,(H2,23,24,25,26). The molecule has 3 aromatic rings. The van der Waals surface area contributed by atoms with Gasteiger partial charge in [0.25, 0.3) is 0 Å². The van der Waals surface area contributed by atoms with Gasteiger partial charge < -0.3 is 15.4 Å². The number of anilines is 4. The largest absolute Gasteiger partial charge is 0.495 e. The number of methoxy groups -OCH3 is 1. The van der Waals surface area contributed by atoms with Crippen LogP contribution in [0, 0.1) is 6.92 Å². The van der Waals surface area contributed by atoms with Crippen molar-refractivity contribution >= 4 is 34.7 Å². The van der Waals surface area contributed by atoms with Crippen molar-refractivity contribution in [3.63, 3.8) is 0 Å². The van der Waals surface area contributed by atoms with Gasteiger partial charge in [-0.2, -0.15) is 10.1 Å². The Hall–Kier alpha value is -2.86. The lowest BCUT2D eigenvalue weighted by Gasteiger charge is -2.14. The van der Waals surface area contributed by atoms with E-state index in [-0.39, 0.29) is 0 Å². The zero-order valence-electron chi connectivity index (χ0n) is 15.7. The Balaban J connectivity index is 1.86. The van der Waals surface area contributed by atoms with Gasteiger partial charge in [0.1, 0.15) is 5.75 Å². The highest BCUT2D eigenvalue weighted by Crippen LogP contribution is 2.33. The molecule has 140 valence electrons. The van der Waals surface area contributed by atoms with E-state index in [1.807, 2.05) is 31.2 Å². The molecular formula is C20H22ClN5O. The zero-order valence-corrected chi connectivity index (χ0v) is 16.5. The first kappa shape index (κ1) is 18.9. The summed E-state index contributed by atoms with van der Waals surface area (Å²) in [6.45, 7) is 6.22. The van der Waals surface area contributed by atoms with E-state index in [2.05, 4.69) is 45.7 Å². The molecule has 0 spiro atoms. The van der Waals surface area contributed by atoms with E-state index in [4.69, 9.17) is 16.3 Å². The van der Waals surface area contributed by atoms with Crippen molar-refractivity contribution in [2.24, 2.45) is 0 Å². The van der Waals surface area contributed by atoms with Crippen LogP contribution < -0.4 is 15.4 Å². The summed E-state index contributed by atoms with van der Waals surface area (Å²) in [5.74, 6) is 1.97. The van der Waals surface area contributed by atoms with E-state index >= 15 is 0 Å². The second-order valence-electron chi connectivity index (χ2n) is 6.46. The van der Waals surface area contributed by atoms with Crippen LogP contribution in [0.25, 0.3) is 0 Å². The van der Waals surface area contributed by atoms with Crippen molar-refractivity contribution in [2.75, 3.05) is 17.7 Å². The van der Waals surface area contributed by atoms with Gasteiger partial charge in [-0.1, -0.05) is 43.6 Å². The van der Waals surface area contributed by atoms with Crippen LogP contribution in [-0.4, -0.2) is 22.3 Å². The number of nitrogens with one attached hydrogen (secondary N) is 2. The van der Waals surface area contributed by atoms with Gasteiger partial charge in [0, 0.05) is 16.8 Å². The first-order chi connectivity index (χ1) is 13.0. The van der Waals surface area contributed by atoms with Crippen LogP contribution in [0.5, 0.6) is 5.75 Å². The maximum Gasteiger partial charge on any atom is 0.249 e. The summed E-state index contributed by atoms with van der Waals surface area (Å²) in [7, 11) is 1.60. The molecular weight excluding hydrogens is 362 g/mol. The molecule has 1 aromatic heterocycles. The number of rotatable bonds is 6. The number of halogens is 1. The number of hydrogen-bond acceptors (Lipinski definition) is 6. The summed E-state index contributed by atoms with van der Waals surface area (Å²) in [4.78, 5) is 4.51. The van der Waals surface area contributed by atoms with Gasteiger partial charge in [0.15, 0.2) is 5.82 Å². The number of ether oxygens (including phenoxy) is 1. The van der Waals surface area contributed by atoms with E-state index < -0.39 is 0 Å². The van der Waals surface area contributed by atoms with E-state index in [1.165, 1.54) is 5.56 Å². The summed E-state index contributed by atoms with van der Waals surface area (Å²) in [6.07, 6.45) is 1.56. The second-order valence-corrected chi connectivity index (χ2v) is 6.87. The summed E-state index contributed by atoms with van der Waals surface area (Å²) < 4.78 is 5.39. The third-order valence-electron chi connectivity index (χ3n) is 4.13. The Morgan fingerprint density at radius 1 is 1.07 bits per heavy atom. The number of aryl methyl sites for hydroxylation is 1. The maximum absolute atomic E-state index is 6.17. The number of aromatic nitrogens is 3. The highest BCUT2D eigenvalue weighted by Gasteiger charge is 2.11. The number of nitrogens with zero attached hydrogens (tertiary/aromatic N) is 3. The minimum Gasteiger partial charge on any atom is -0.495 e. The Bertz CT molecular complexity index is 945. The van der Waals surface area contributed by atoms with Gasteiger partial charge in [-0.3, -0.25) is 0 Å². The van der Waals surface area contributed by atoms with Crippen molar-refractivity contribution in [2.45, 2.75) is 26.7 Å². The normalized spacial score (nSPS) is 10.7. The SMILES string of the molecule is COc1cc(Cl)c(C)cc1Nc1cnnc(Nc2ccccc2C(C)C)n1. The molecule has 0 saturated carbocycles. The maximum atomic E-state index is 6.17. The van der Waals surface area contributed by atoms with Gasteiger partial charge >= 0.3 is 0 Å². The fraction of sp³-hybridized carbons (Fsp3) is 0.250. The monoisotopic (exact) mass is 383 g/mol. The molecule has 0 bridgehead atoms. The molecule has 27 heavy (non-hydrogen) atoms. The molecule has 2 N–H and O–H groups in total. The topological polar surface area (TPSA) is 72.0 Å². The summed E-state index contributed by atoms with van der Waals surface area (Å²) in [5.41, 5.74) is 3.85. The van der Waals surface area contributed by atoms with Crippen LogP contribution in [0.15, 0.2) is 42.6 Å². The quantitative estimate of drug-likeness (QED) is 0.589. The minimum atomic E-state index is 0.379. The van der Waals surface area contributed by atoms with Gasteiger partial charge in [0.05, 0.1) is 19.0 Å². The van der Waals surface area contributed by atoms with Crippen LogP contribution in [0.3, 0.4) is 0 Å². The molecule has 0 radical (unpaired) electrons. The summed E-state index contributed by atoms with van der Waals surface area (Å²) in [6, 6.07) is 11.8. The minimum absolute atomic E-state index is 0.379. The highest BCUT2D eigenvalue weighted by molar-refractivity contribution is 6.31. The van der Waals surface area contributed by atoms with E-state index in [0.29, 0.717) is 28.5 Å². The molecule has 6 nitrogen and oxygen atoms in total. The van der Waals surface area contributed by atoms with Crippen molar-refractivity contribution in [1.82, 2.24) is 15.2 Å². The van der Waals surface area contributed by atoms with Crippen LogP contribution in [-0.2, 0) is 0 Å². The van der Waals surface area contributed by atoms with Crippen molar-refractivity contribution < 1.29 is 4.74 Å². The van der Waals surface area contributed by atoms with E-state index in [0.717, 1.165) is 16.9 Å². The lowest BCUT2D eigenvalue weighted by molar-refractivity contribution is 0.416. The first-order valence-electron chi connectivity index (χ1n) is 8.64. The van der Waals surface area contributed by atoms with Crippen molar-refractivity contribution in [1.29, 1.82) is 0 Å². The molecule has 0 saturated heterocycles.